The molecule has 178 valence electrons. The van der Waals surface area contributed by atoms with Crippen molar-refractivity contribution in [3.63, 3.8) is 0 Å². The zero-order valence-electron chi connectivity index (χ0n) is 17.9. The van der Waals surface area contributed by atoms with E-state index in [-0.39, 0.29) is 22.0 Å². The lowest BCUT2D eigenvalue weighted by atomic mass is 10.1. The maximum Gasteiger partial charge on any atom is 0.323 e. The molecule has 1 unspecified atom stereocenters. The number of carbonyl (C=O) groups excluding carboxylic acids is 1. The third-order valence-electron chi connectivity index (χ3n) is 4.81. The van der Waals surface area contributed by atoms with Crippen LogP contribution in [0.3, 0.4) is 0 Å². The summed E-state index contributed by atoms with van der Waals surface area (Å²) in [5.41, 5.74) is 6.90. The van der Waals surface area contributed by atoms with Crippen LogP contribution in [0.4, 0.5) is 5.95 Å². The zero-order valence-corrected chi connectivity index (χ0v) is 18.7. The summed E-state index contributed by atoms with van der Waals surface area (Å²) in [6.45, 7) is -0.447. The van der Waals surface area contributed by atoms with Crippen molar-refractivity contribution < 1.29 is 23.1 Å². The number of anilines is 1. The van der Waals surface area contributed by atoms with Gasteiger partial charge in [0.25, 0.3) is 11.5 Å². The number of carboxylic acid groups (broad SMARTS) is 1. The Hall–Kier alpha value is -4.03. The number of aromatic amines is 1. The van der Waals surface area contributed by atoms with E-state index in [4.69, 9.17) is 5.73 Å². The molecule has 12 heteroatoms. The molecule has 34 heavy (non-hydrogen) atoms. The van der Waals surface area contributed by atoms with Gasteiger partial charge in [0.15, 0.2) is 0 Å². The van der Waals surface area contributed by atoms with Crippen LogP contribution in [0.15, 0.2) is 70.4 Å². The minimum atomic E-state index is -4.07. The Morgan fingerprint density at radius 2 is 1.74 bits per heavy atom. The highest BCUT2D eigenvalue weighted by atomic mass is 32.2. The summed E-state index contributed by atoms with van der Waals surface area (Å²) < 4.78 is 26.8. The average Bonchev–Trinajstić information content (AvgIpc) is 2.80. The van der Waals surface area contributed by atoms with Gasteiger partial charge in [-0.25, -0.2) is 13.4 Å². The minimum Gasteiger partial charge on any atom is -0.480 e. The molecule has 0 saturated heterocycles. The van der Waals surface area contributed by atoms with Crippen LogP contribution in [0, 0.1) is 0 Å². The van der Waals surface area contributed by atoms with E-state index in [1.165, 1.54) is 30.3 Å². The topological polar surface area (TPSA) is 184 Å². The third kappa shape index (κ3) is 6.73. The highest BCUT2D eigenvalue weighted by molar-refractivity contribution is 7.89. The van der Waals surface area contributed by atoms with Crippen molar-refractivity contribution in [2.24, 2.45) is 0 Å². The number of aromatic nitrogens is 2. The molecule has 0 radical (unpaired) electrons. The number of aliphatic carboxylic acids is 1. The monoisotopic (exact) mass is 485 g/mol. The number of carbonyl (C=O) groups is 2. The van der Waals surface area contributed by atoms with E-state index < -0.39 is 34.5 Å². The van der Waals surface area contributed by atoms with Gasteiger partial charge in [-0.3, -0.25) is 19.4 Å². The Balaban J connectivity index is 1.57. The number of nitrogens with two attached hydrogens (primary N) is 1. The minimum absolute atomic E-state index is 0.0419. The molecule has 0 aliphatic heterocycles. The smallest absolute Gasteiger partial charge is 0.323 e. The van der Waals surface area contributed by atoms with Crippen LogP contribution >= 0.6 is 0 Å². The zero-order chi connectivity index (χ0) is 24.7. The fraction of sp³-hybridized carbons (Fsp3) is 0.182. The van der Waals surface area contributed by atoms with Crippen LogP contribution in [0.25, 0.3) is 0 Å². The summed E-state index contributed by atoms with van der Waals surface area (Å²) in [6.07, 6.45) is 1.03. The molecule has 0 saturated carbocycles. The fourth-order valence-electron chi connectivity index (χ4n) is 3.08. The van der Waals surface area contributed by atoms with Crippen molar-refractivity contribution in [3.8, 4) is 0 Å². The first-order chi connectivity index (χ1) is 16.1. The number of aryl methyl sites for hydroxylation is 2. The molecule has 1 atom stereocenters. The Labute approximate surface area is 195 Å². The van der Waals surface area contributed by atoms with Gasteiger partial charge in [-0.2, -0.15) is 4.72 Å². The Bertz CT molecular complexity index is 1320. The molecule has 2 aromatic carbocycles. The molecule has 6 N–H and O–H groups in total. The lowest BCUT2D eigenvalue weighted by Gasteiger charge is -2.15. The molecule has 0 bridgehead atoms. The molecule has 3 aromatic rings. The van der Waals surface area contributed by atoms with Crippen LogP contribution in [-0.2, 0) is 27.7 Å². The second-order valence-electron chi connectivity index (χ2n) is 7.35. The molecule has 0 fully saturated rings. The van der Waals surface area contributed by atoms with Crippen molar-refractivity contribution in [2.45, 2.75) is 23.8 Å². The molecule has 0 aliphatic rings. The van der Waals surface area contributed by atoms with Gasteiger partial charge in [-0.15, -0.1) is 0 Å². The number of benzene rings is 2. The maximum absolute atomic E-state index is 12.4. The highest BCUT2D eigenvalue weighted by Crippen LogP contribution is 2.10. The molecule has 1 heterocycles. The summed E-state index contributed by atoms with van der Waals surface area (Å²) in [4.78, 5) is 41.7. The molecule has 0 spiro atoms. The van der Waals surface area contributed by atoms with Crippen molar-refractivity contribution in [1.29, 1.82) is 0 Å². The third-order valence-corrected chi connectivity index (χ3v) is 6.30. The van der Waals surface area contributed by atoms with Gasteiger partial charge in [0.1, 0.15) is 6.04 Å². The quantitative estimate of drug-likeness (QED) is 0.271. The Kier molecular flexibility index (Phi) is 7.76. The number of amides is 1. The van der Waals surface area contributed by atoms with Crippen LogP contribution in [0.1, 0.15) is 21.6 Å². The number of hydrogen-bond acceptors (Lipinski definition) is 7. The van der Waals surface area contributed by atoms with Crippen molar-refractivity contribution in [3.05, 3.63) is 87.8 Å². The van der Waals surface area contributed by atoms with Gasteiger partial charge in [-0.05, 0) is 42.7 Å². The van der Waals surface area contributed by atoms with Gasteiger partial charge in [-0.1, -0.05) is 30.3 Å². The molecule has 1 amide bonds. The number of carboxylic acids is 1. The van der Waals surface area contributed by atoms with E-state index in [9.17, 15) is 27.9 Å². The van der Waals surface area contributed by atoms with Crippen LogP contribution < -0.4 is 21.3 Å². The Morgan fingerprint density at radius 1 is 1.06 bits per heavy atom. The SMILES string of the molecule is Nc1nc(CCc2ccc(C(=O)NCC(NS(=O)(=O)c3ccccc3)C(=O)O)cc2)cc(=O)[nH]1. The molecule has 11 nitrogen and oxygen atoms in total. The summed E-state index contributed by atoms with van der Waals surface area (Å²) in [5, 5.41) is 11.8. The van der Waals surface area contributed by atoms with E-state index in [0.29, 0.717) is 18.5 Å². The van der Waals surface area contributed by atoms with Crippen molar-refractivity contribution in [1.82, 2.24) is 20.0 Å². The summed E-state index contributed by atoms with van der Waals surface area (Å²) in [6, 6.07) is 13.7. The van der Waals surface area contributed by atoms with Gasteiger partial charge in [0.2, 0.25) is 16.0 Å². The number of hydrogen-bond donors (Lipinski definition) is 5. The van der Waals surface area contributed by atoms with E-state index in [2.05, 4.69) is 20.0 Å². The van der Waals surface area contributed by atoms with Crippen molar-refractivity contribution >= 4 is 27.8 Å². The summed E-state index contributed by atoms with van der Waals surface area (Å²) in [7, 11) is -4.07. The predicted octanol–water partition coefficient (Wildman–Crippen LogP) is 0.299. The van der Waals surface area contributed by atoms with Gasteiger partial charge < -0.3 is 16.2 Å². The molecular weight excluding hydrogens is 462 g/mol. The number of nitrogens with one attached hydrogen (secondary N) is 3. The maximum atomic E-state index is 12.4. The molecule has 1 aromatic heterocycles. The van der Waals surface area contributed by atoms with Crippen LogP contribution in [0.5, 0.6) is 0 Å². The van der Waals surface area contributed by atoms with Gasteiger partial charge in [0, 0.05) is 18.2 Å². The molecular formula is C22H23N5O6S. The number of rotatable bonds is 10. The highest BCUT2D eigenvalue weighted by Gasteiger charge is 2.26. The average molecular weight is 486 g/mol. The largest absolute Gasteiger partial charge is 0.480 e. The second-order valence-corrected chi connectivity index (χ2v) is 9.07. The van der Waals surface area contributed by atoms with Gasteiger partial charge >= 0.3 is 5.97 Å². The lowest BCUT2D eigenvalue weighted by molar-refractivity contribution is -0.138. The van der Waals surface area contributed by atoms with E-state index >= 15 is 0 Å². The fourth-order valence-corrected chi connectivity index (χ4v) is 4.29. The lowest BCUT2D eigenvalue weighted by Crippen LogP contribution is -2.48. The second kappa shape index (κ2) is 10.7. The van der Waals surface area contributed by atoms with Crippen molar-refractivity contribution in [2.75, 3.05) is 12.3 Å². The van der Waals surface area contributed by atoms with E-state index in [1.54, 1.807) is 30.3 Å². The van der Waals surface area contributed by atoms with E-state index in [0.717, 1.165) is 5.56 Å². The predicted molar refractivity (Wildman–Crippen MR) is 124 cm³/mol. The first kappa shape index (κ1) is 24.6. The van der Waals surface area contributed by atoms with Crippen LogP contribution in [0.2, 0.25) is 0 Å². The summed E-state index contributed by atoms with van der Waals surface area (Å²) in [5.74, 6) is -1.94. The molecule has 3 rings (SSSR count). The number of nitrogens with zero attached hydrogens (tertiary/aromatic N) is 1. The van der Waals surface area contributed by atoms with Gasteiger partial charge in [0.05, 0.1) is 10.6 Å². The number of H-pyrrole nitrogens is 1. The number of sulfonamides is 1. The summed E-state index contributed by atoms with van der Waals surface area (Å²) >= 11 is 0. The Morgan fingerprint density at radius 3 is 2.35 bits per heavy atom. The standard InChI is InChI=1S/C22H23N5O6S/c23-22-25-16(12-19(28)26-22)11-8-14-6-9-15(10-7-14)20(29)24-13-18(21(30)31)27-34(32,33)17-4-2-1-3-5-17/h1-7,9-10,12,18,27H,8,11,13H2,(H,24,29)(H,30,31)(H3,23,25,26,28). The first-order valence-corrected chi connectivity index (χ1v) is 11.7. The molecule has 0 aliphatic carbocycles. The normalized spacial score (nSPS) is 12.1. The number of nitrogen functional groups attached to an aromatic ring is 1. The first-order valence-electron chi connectivity index (χ1n) is 10.2. The van der Waals surface area contributed by atoms with Crippen LogP contribution in [-0.4, -0.2) is 48.0 Å². The van der Waals surface area contributed by atoms with E-state index in [1.807, 2.05) is 0 Å².